The van der Waals surface area contributed by atoms with Crippen LogP contribution in [-0.2, 0) is 6.54 Å². The normalized spacial score (nSPS) is 15.6. The van der Waals surface area contributed by atoms with E-state index in [4.69, 9.17) is 0 Å². The van der Waals surface area contributed by atoms with Crippen LogP contribution in [-0.4, -0.2) is 23.8 Å². The number of pyridine rings is 1. The van der Waals surface area contributed by atoms with Gasteiger partial charge in [-0.05, 0) is 88.1 Å². The second kappa shape index (κ2) is 8.33. The highest BCUT2D eigenvalue weighted by Gasteiger charge is 2.37. The van der Waals surface area contributed by atoms with Crippen LogP contribution in [0.25, 0.3) is 10.9 Å². The molecule has 154 valence electrons. The molecule has 0 amide bonds. The van der Waals surface area contributed by atoms with Gasteiger partial charge in [-0.3, -0.25) is 4.79 Å². The van der Waals surface area contributed by atoms with Crippen molar-refractivity contribution in [1.29, 1.82) is 0 Å². The van der Waals surface area contributed by atoms with Crippen molar-refractivity contribution in [3.05, 3.63) is 68.5 Å². The van der Waals surface area contributed by atoms with Gasteiger partial charge in [0.1, 0.15) is 11.6 Å². The quantitative estimate of drug-likeness (QED) is 0.463. The lowest BCUT2D eigenvalue weighted by molar-refractivity contribution is 0.599. The van der Waals surface area contributed by atoms with Crippen molar-refractivity contribution in [2.45, 2.75) is 52.6 Å². The van der Waals surface area contributed by atoms with Crippen molar-refractivity contribution in [1.82, 2.24) is 15.6 Å². The van der Waals surface area contributed by atoms with Gasteiger partial charge < -0.3 is 15.6 Å². The Bertz CT molecular complexity index is 1060. The first kappa shape index (κ1) is 21.0. The topological polar surface area (TPSA) is 69.3 Å². The molecule has 0 radical (unpaired) electrons. The first-order chi connectivity index (χ1) is 13.7. The first-order valence-corrected chi connectivity index (χ1v) is 9.87. The molecule has 0 spiro atoms. The molecular weight excluding hydrogens is 367 g/mol. The number of benzene rings is 1. The van der Waals surface area contributed by atoms with Crippen molar-refractivity contribution in [3.8, 4) is 0 Å². The van der Waals surface area contributed by atoms with Crippen LogP contribution in [0.3, 0.4) is 0 Å². The molecule has 0 unspecified atom stereocenters. The minimum Gasteiger partial charge on any atom is -0.365 e. The molecule has 0 aliphatic heterocycles. The van der Waals surface area contributed by atoms with Gasteiger partial charge in [-0.2, -0.15) is 0 Å². The zero-order valence-corrected chi connectivity index (χ0v) is 17.6. The molecule has 1 heterocycles. The van der Waals surface area contributed by atoms with E-state index in [1.54, 1.807) is 12.1 Å². The maximum Gasteiger partial charge on any atom is 0.252 e. The van der Waals surface area contributed by atoms with Crippen LogP contribution in [0.5, 0.6) is 0 Å². The number of hydrogen-bond donors (Lipinski definition) is 3. The van der Waals surface area contributed by atoms with Crippen molar-refractivity contribution in [2.24, 2.45) is 4.99 Å². The van der Waals surface area contributed by atoms with Crippen molar-refractivity contribution in [2.75, 3.05) is 6.54 Å². The maximum absolute atomic E-state index is 13.4. The number of allylic oxidation sites excluding steroid dienone is 1. The molecule has 0 bridgehead atoms. The largest absolute Gasteiger partial charge is 0.365 e. The Morgan fingerprint density at radius 2 is 2.00 bits per heavy atom. The summed E-state index contributed by atoms with van der Waals surface area (Å²) in [6.45, 7) is 13.1. The highest BCUT2D eigenvalue weighted by molar-refractivity contribution is 5.78. The van der Waals surface area contributed by atoms with Crippen molar-refractivity contribution >= 4 is 17.6 Å². The summed E-state index contributed by atoms with van der Waals surface area (Å²) in [5.41, 5.74) is 4.41. The average Bonchev–Trinajstić information content (AvgIpc) is 3.40. The van der Waals surface area contributed by atoms with Gasteiger partial charge in [-0.15, -0.1) is 0 Å². The van der Waals surface area contributed by atoms with Gasteiger partial charge >= 0.3 is 0 Å². The third-order valence-corrected chi connectivity index (χ3v) is 5.49. The molecule has 1 aromatic carbocycles. The molecule has 1 fully saturated rings. The van der Waals surface area contributed by atoms with Gasteiger partial charge in [0.05, 0.1) is 5.52 Å². The minimum absolute atomic E-state index is 0.121. The summed E-state index contributed by atoms with van der Waals surface area (Å²) in [6.07, 6.45) is 2.27. The van der Waals surface area contributed by atoms with Gasteiger partial charge in [-0.25, -0.2) is 9.38 Å². The second-order valence-corrected chi connectivity index (χ2v) is 8.25. The molecule has 0 atom stereocenters. The molecule has 2 aromatic rings. The molecule has 3 rings (SSSR count). The predicted molar refractivity (Wildman–Crippen MR) is 118 cm³/mol. The van der Waals surface area contributed by atoms with Gasteiger partial charge in [0.2, 0.25) is 0 Å². The summed E-state index contributed by atoms with van der Waals surface area (Å²) in [5.74, 6) is 0.448. The van der Waals surface area contributed by atoms with Crippen LogP contribution in [0.2, 0.25) is 0 Å². The Labute approximate surface area is 170 Å². The third kappa shape index (κ3) is 5.01. The number of rotatable bonds is 8. The van der Waals surface area contributed by atoms with E-state index in [-0.39, 0.29) is 16.9 Å². The first-order valence-electron chi connectivity index (χ1n) is 9.87. The van der Waals surface area contributed by atoms with Crippen molar-refractivity contribution in [3.63, 3.8) is 0 Å². The number of aromatic nitrogens is 1. The van der Waals surface area contributed by atoms with E-state index in [0.29, 0.717) is 24.2 Å². The monoisotopic (exact) mass is 396 g/mol. The van der Waals surface area contributed by atoms with Crippen LogP contribution >= 0.6 is 0 Å². The van der Waals surface area contributed by atoms with Crippen molar-refractivity contribution < 1.29 is 4.39 Å². The molecule has 0 saturated heterocycles. The van der Waals surface area contributed by atoms with Gasteiger partial charge in [0, 0.05) is 24.2 Å². The summed E-state index contributed by atoms with van der Waals surface area (Å²) in [4.78, 5) is 19.3. The average molecular weight is 397 g/mol. The van der Waals surface area contributed by atoms with Gasteiger partial charge in [-0.1, -0.05) is 5.57 Å². The predicted octanol–water partition coefficient (Wildman–Crippen LogP) is 4.17. The maximum atomic E-state index is 13.4. The molecule has 1 aromatic heterocycles. The van der Waals surface area contributed by atoms with E-state index in [1.165, 1.54) is 17.7 Å². The van der Waals surface area contributed by atoms with E-state index < -0.39 is 0 Å². The number of hydrogen-bond acceptors (Lipinski definition) is 4. The van der Waals surface area contributed by atoms with Crippen LogP contribution < -0.4 is 16.2 Å². The van der Waals surface area contributed by atoms with Gasteiger partial charge in [0.25, 0.3) is 5.56 Å². The Morgan fingerprint density at radius 3 is 2.62 bits per heavy atom. The van der Waals surface area contributed by atoms with E-state index in [9.17, 15) is 9.18 Å². The molecular formula is C23H29FN4O. The molecule has 5 nitrogen and oxygen atoms in total. The number of aliphatic imine (C=N–C) groups is 1. The van der Waals surface area contributed by atoms with E-state index in [2.05, 4.69) is 48.1 Å². The Kier molecular flexibility index (Phi) is 6.03. The second-order valence-electron chi connectivity index (χ2n) is 8.25. The highest BCUT2D eigenvalue weighted by Crippen LogP contribution is 2.36. The summed E-state index contributed by atoms with van der Waals surface area (Å²) in [5, 5.41) is 7.67. The molecule has 3 N–H and O–H groups in total. The van der Waals surface area contributed by atoms with Crippen LogP contribution in [0, 0.1) is 5.82 Å². The Morgan fingerprint density at radius 1 is 1.28 bits per heavy atom. The zero-order chi connectivity index (χ0) is 21.2. The molecule has 1 aliphatic carbocycles. The number of halogens is 1. The minimum atomic E-state index is -0.366. The fraction of sp³-hybridized carbons (Fsp3) is 0.391. The van der Waals surface area contributed by atoms with Crippen LogP contribution in [0.4, 0.5) is 4.39 Å². The molecule has 29 heavy (non-hydrogen) atoms. The number of nitrogens with one attached hydrogen (secondary N) is 3. The lowest BCUT2D eigenvalue weighted by Crippen LogP contribution is -2.28. The summed E-state index contributed by atoms with van der Waals surface area (Å²) >= 11 is 0. The number of aromatic amines is 1. The van der Waals surface area contributed by atoms with E-state index >= 15 is 0 Å². The van der Waals surface area contributed by atoms with E-state index in [0.717, 1.165) is 35.2 Å². The molecule has 6 heteroatoms. The Hall–Kier alpha value is -2.73. The summed E-state index contributed by atoms with van der Waals surface area (Å²) in [6, 6.07) is 6.20. The SMILES string of the molecule is C=N/C(NC1(C)CC1)=C(\C)C(CNCc1cc2ccc(F)cc2[nH]c1=O)=C(C)C. The van der Waals surface area contributed by atoms with Crippen LogP contribution in [0.1, 0.15) is 46.1 Å². The zero-order valence-electron chi connectivity index (χ0n) is 17.6. The van der Waals surface area contributed by atoms with Gasteiger partial charge in [0.15, 0.2) is 0 Å². The lowest BCUT2D eigenvalue weighted by atomic mass is 10.0. The third-order valence-electron chi connectivity index (χ3n) is 5.49. The number of H-pyrrole nitrogens is 1. The summed E-state index contributed by atoms with van der Waals surface area (Å²) < 4.78 is 13.4. The van der Waals surface area contributed by atoms with E-state index in [1.807, 2.05) is 6.92 Å². The fourth-order valence-corrected chi connectivity index (χ4v) is 3.35. The smallest absolute Gasteiger partial charge is 0.252 e. The summed E-state index contributed by atoms with van der Waals surface area (Å²) in [7, 11) is 0. The lowest BCUT2D eigenvalue weighted by Gasteiger charge is -2.19. The highest BCUT2D eigenvalue weighted by atomic mass is 19.1. The molecule has 1 aliphatic rings. The fourth-order valence-electron chi connectivity index (χ4n) is 3.35. The number of nitrogens with zero attached hydrogens (tertiary/aromatic N) is 1. The van der Waals surface area contributed by atoms with Crippen LogP contribution in [0.15, 0.2) is 56.6 Å². The molecule has 1 saturated carbocycles. The number of fused-ring (bicyclic) bond motifs is 1. The Balaban J connectivity index is 1.75. The standard InChI is InChI=1S/C23H29FN4O/c1-14(2)19(15(3)21(25-5)28-23(4)8-9-23)13-26-12-17-10-16-6-7-18(24)11-20(16)27-22(17)29/h6-7,10-11,26,28H,5,8-9,12-13H2,1-4H3,(H,27,29)/b21-15-.